The molecule has 1 heterocycles. The van der Waals surface area contributed by atoms with Crippen molar-refractivity contribution >= 4 is 11.9 Å². The average molecular weight is 286 g/mol. The third-order valence-electron chi connectivity index (χ3n) is 3.10. The zero-order valence-electron chi connectivity index (χ0n) is 11.6. The fourth-order valence-electron chi connectivity index (χ4n) is 1.97. The van der Waals surface area contributed by atoms with E-state index < -0.39 is 11.9 Å². The summed E-state index contributed by atoms with van der Waals surface area (Å²) >= 11 is 0. The van der Waals surface area contributed by atoms with E-state index in [2.05, 4.69) is 22.5 Å². The molecular weight excluding hydrogens is 268 g/mol. The molecule has 0 spiro atoms. The van der Waals surface area contributed by atoms with Crippen LogP contribution in [0.2, 0.25) is 0 Å². The lowest BCUT2D eigenvalue weighted by Gasteiger charge is -2.20. The molecule has 110 valence electrons. The zero-order chi connectivity index (χ0) is 15.2. The summed E-state index contributed by atoms with van der Waals surface area (Å²) in [5, 5.41) is 7.52. The molecule has 0 aliphatic carbocycles. The van der Waals surface area contributed by atoms with Crippen LogP contribution in [0, 0.1) is 0 Å². The van der Waals surface area contributed by atoms with E-state index in [1.54, 1.807) is 0 Å². The Kier molecular flexibility index (Phi) is 4.61. The maximum atomic E-state index is 12.0. The SMILES string of the molecule is C=C1NC(=O)NC(C(=O)NCCCc2ccccc2)=C1N. The van der Waals surface area contributed by atoms with Gasteiger partial charge in [-0.15, -0.1) is 0 Å². The summed E-state index contributed by atoms with van der Waals surface area (Å²) in [5.74, 6) is -0.406. The molecular formula is C15H18N4O2. The highest BCUT2D eigenvalue weighted by atomic mass is 16.2. The Morgan fingerprint density at radius 1 is 1.24 bits per heavy atom. The van der Waals surface area contributed by atoms with Crippen LogP contribution in [0.3, 0.4) is 0 Å². The molecule has 3 amide bonds. The lowest BCUT2D eigenvalue weighted by atomic mass is 10.1. The van der Waals surface area contributed by atoms with Crippen LogP contribution in [0.4, 0.5) is 4.79 Å². The van der Waals surface area contributed by atoms with Crippen LogP contribution in [-0.4, -0.2) is 18.5 Å². The number of hydrogen-bond acceptors (Lipinski definition) is 3. The van der Waals surface area contributed by atoms with Gasteiger partial charge in [0, 0.05) is 6.54 Å². The van der Waals surface area contributed by atoms with Crippen LogP contribution in [0.5, 0.6) is 0 Å². The first kappa shape index (κ1) is 14.6. The van der Waals surface area contributed by atoms with Crippen LogP contribution in [0.15, 0.2) is 54.0 Å². The summed E-state index contributed by atoms with van der Waals surface area (Å²) in [6, 6.07) is 9.50. The number of aryl methyl sites for hydroxylation is 1. The van der Waals surface area contributed by atoms with Crippen LogP contribution in [0.25, 0.3) is 0 Å². The highest BCUT2D eigenvalue weighted by molar-refractivity contribution is 6.00. The van der Waals surface area contributed by atoms with E-state index >= 15 is 0 Å². The number of nitrogens with one attached hydrogen (secondary N) is 3. The third-order valence-corrected chi connectivity index (χ3v) is 3.10. The molecule has 0 aromatic heterocycles. The Morgan fingerprint density at radius 2 is 1.95 bits per heavy atom. The predicted molar refractivity (Wildman–Crippen MR) is 79.8 cm³/mol. The first-order valence-corrected chi connectivity index (χ1v) is 6.67. The van der Waals surface area contributed by atoms with Gasteiger partial charge >= 0.3 is 6.03 Å². The van der Waals surface area contributed by atoms with E-state index in [9.17, 15) is 9.59 Å². The average Bonchev–Trinajstić information content (AvgIpc) is 2.48. The second-order valence-electron chi connectivity index (χ2n) is 4.69. The number of nitrogens with two attached hydrogens (primary N) is 1. The lowest BCUT2D eigenvalue weighted by molar-refractivity contribution is -0.117. The van der Waals surface area contributed by atoms with Gasteiger partial charge in [-0.3, -0.25) is 4.79 Å². The number of hydrogen-bond donors (Lipinski definition) is 4. The Balaban J connectivity index is 1.83. The monoisotopic (exact) mass is 286 g/mol. The molecule has 0 unspecified atom stereocenters. The summed E-state index contributed by atoms with van der Waals surface area (Å²) in [6.07, 6.45) is 1.67. The molecule has 0 radical (unpaired) electrons. The maximum Gasteiger partial charge on any atom is 0.323 e. The Morgan fingerprint density at radius 3 is 2.67 bits per heavy atom. The number of carbonyl (C=O) groups is 2. The van der Waals surface area contributed by atoms with Crippen molar-refractivity contribution < 1.29 is 9.59 Å². The molecule has 0 bridgehead atoms. The molecule has 0 fully saturated rings. The molecule has 6 nitrogen and oxygen atoms in total. The van der Waals surface area contributed by atoms with Gasteiger partial charge in [0.25, 0.3) is 5.91 Å². The van der Waals surface area contributed by atoms with E-state index in [-0.39, 0.29) is 17.1 Å². The number of carbonyl (C=O) groups excluding carboxylic acids is 2. The van der Waals surface area contributed by atoms with Crippen LogP contribution >= 0.6 is 0 Å². The van der Waals surface area contributed by atoms with Crippen molar-refractivity contribution in [2.24, 2.45) is 5.73 Å². The molecule has 1 aliphatic rings. The van der Waals surface area contributed by atoms with Crippen molar-refractivity contribution in [3.63, 3.8) is 0 Å². The number of rotatable bonds is 5. The van der Waals surface area contributed by atoms with Gasteiger partial charge in [-0.25, -0.2) is 4.79 Å². The number of urea groups is 1. The fourth-order valence-corrected chi connectivity index (χ4v) is 1.97. The van der Waals surface area contributed by atoms with Crippen LogP contribution in [0.1, 0.15) is 12.0 Å². The van der Waals surface area contributed by atoms with Crippen molar-refractivity contribution in [2.45, 2.75) is 12.8 Å². The van der Waals surface area contributed by atoms with E-state index in [4.69, 9.17) is 5.73 Å². The normalized spacial score (nSPS) is 14.5. The topological polar surface area (TPSA) is 96.2 Å². The highest BCUT2D eigenvalue weighted by Crippen LogP contribution is 2.08. The molecule has 5 N–H and O–H groups in total. The molecule has 21 heavy (non-hydrogen) atoms. The van der Waals surface area contributed by atoms with Gasteiger partial charge in [0.1, 0.15) is 5.70 Å². The molecule has 0 atom stereocenters. The second kappa shape index (κ2) is 6.60. The quantitative estimate of drug-likeness (QED) is 0.601. The molecule has 1 aromatic carbocycles. The van der Waals surface area contributed by atoms with Crippen LogP contribution in [-0.2, 0) is 11.2 Å². The largest absolute Gasteiger partial charge is 0.395 e. The predicted octanol–water partition coefficient (Wildman–Crippen LogP) is 0.732. The Labute approximate surface area is 123 Å². The molecule has 0 saturated heterocycles. The minimum atomic E-state index is -0.511. The van der Waals surface area contributed by atoms with E-state index in [1.165, 1.54) is 5.56 Å². The molecule has 2 rings (SSSR count). The first-order valence-electron chi connectivity index (χ1n) is 6.67. The highest BCUT2D eigenvalue weighted by Gasteiger charge is 2.23. The zero-order valence-corrected chi connectivity index (χ0v) is 11.6. The van der Waals surface area contributed by atoms with Gasteiger partial charge < -0.3 is 21.7 Å². The van der Waals surface area contributed by atoms with Crippen molar-refractivity contribution in [3.8, 4) is 0 Å². The van der Waals surface area contributed by atoms with Crippen molar-refractivity contribution in [1.82, 2.24) is 16.0 Å². The minimum Gasteiger partial charge on any atom is -0.395 e. The van der Waals surface area contributed by atoms with Gasteiger partial charge in [0.15, 0.2) is 0 Å². The lowest BCUT2D eigenvalue weighted by Crippen LogP contribution is -2.47. The van der Waals surface area contributed by atoms with Gasteiger partial charge in [-0.05, 0) is 18.4 Å². The van der Waals surface area contributed by atoms with Crippen LogP contribution < -0.4 is 21.7 Å². The van der Waals surface area contributed by atoms with Gasteiger partial charge in [-0.2, -0.15) is 0 Å². The first-order chi connectivity index (χ1) is 10.1. The molecule has 0 saturated carbocycles. The summed E-state index contributed by atoms with van der Waals surface area (Å²) < 4.78 is 0. The standard InChI is InChI=1S/C15H18N4O2/c1-10-12(16)13(19-15(21)18-10)14(20)17-9-5-8-11-6-3-2-4-7-11/h2-4,6-7H,1,5,8-9,16H2,(H,17,20)(H2,18,19,21). The smallest absolute Gasteiger partial charge is 0.323 e. The van der Waals surface area contributed by atoms with Crippen molar-refractivity contribution in [2.75, 3.05) is 6.54 Å². The van der Waals surface area contributed by atoms with E-state index in [0.717, 1.165) is 12.8 Å². The summed E-state index contributed by atoms with van der Waals surface area (Å²) in [6.45, 7) is 4.08. The molecule has 1 aliphatic heterocycles. The molecule has 6 heteroatoms. The van der Waals surface area contributed by atoms with Crippen molar-refractivity contribution in [3.05, 3.63) is 59.6 Å². The van der Waals surface area contributed by atoms with E-state index in [1.807, 2.05) is 30.3 Å². The summed E-state index contributed by atoms with van der Waals surface area (Å²) in [5.41, 5.74) is 7.36. The van der Waals surface area contributed by atoms with Gasteiger partial charge in [0.2, 0.25) is 0 Å². The van der Waals surface area contributed by atoms with E-state index in [0.29, 0.717) is 6.54 Å². The molecule has 1 aromatic rings. The minimum absolute atomic E-state index is 0.0449. The third kappa shape index (κ3) is 3.85. The van der Waals surface area contributed by atoms with Crippen molar-refractivity contribution in [1.29, 1.82) is 0 Å². The van der Waals surface area contributed by atoms with Gasteiger partial charge in [0.05, 0.1) is 11.4 Å². The summed E-state index contributed by atoms with van der Waals surface area (Å²) in [7, 11) is 0. The second-order valence-corrected chi connectivity index (χ2v) is 4.69. The number of benzene rings is 1. The number of amides is 3. The van der Waals surface area contributed by atoms with Gasteiger partial charge in [-0.1, -0.05) is 36.9 Å². The summed E-state index contributed by atoms with van der Waals surface area (Å²) in [4.78, 5) is 23.3. The Bertz CT molecular complexity index is 593. The Hall–Kier alpha value is -2.76. The maximum absolute atomic E-state index is 12.0. The fraction of sp³-hybridized carbons (Fsp3) is 0.200.